The highest BCUT2D eigenvalue weighted by atomic mass is 16.5. The van der Waals surface area contributed by atoms with Crippen LogP contribution >= 0.6 is 0 Å². The molecule has 0 bridgehead atoms. The molecular weight excluding hydrogens is 204 g/mol. The van der Waals surface area contributed by atoms with Gasteiger partial charge in [-0.25, -0.2) is 0 Å². The van der Waals surface area contributed by atoms with Crippen molar-refractivity contribution in [1.82, 2.24) is 10.1 Å². The second-order valence-corrected chi connectivity index (χ2v) is 3.63. The number of aromatic nitrogens is 2. The van der Waals surface area contributed by atoms with Crippen molar-refractivity contribution in [1.29, 1.82) is 0 Å². The molecular formula is C11H14N4O. The molecule has 16 heavy (non-hydrogen) atoms. The van der Waals surface area contributed by atoms with E-state index in [9.17, 15) is 0 Å². The van der Waals surface area contributed by atoms with Gasteiger partial charge in [0.05, 0.1) is 17.9 Å². The third kappa shape index (κ3) is 2.13. The minimum absolute atomic E-state index is 0.481. The highest BCUT2D eigenvalue weighted by molar-refractivity contribution is 5.69. The van der Waals surface area contributed by atoms with Gasteiger partial charge in [-0.1, -0.05) is 17.3 Å². The number of aryl methyl sites for hydroxylation is 2. The smallest absolute Gasteiger partial charge is 0.245 e. The number of nitrogens with zero attached hydrogens (tertiary/aromatic N) is 2. The molecule has 0 aliphatic rings. The molecule has 5 nitrogen and oxygen atoms in total. The van der Waals surface area contributed by atoms with Gasteiger partial charge in [0.15, 0.2) is 5.82 Å². The highest BCUT2D eigenvalue weighted by Gasteiger charge is 2.04. The Morgan fingerprint density at radius 2 is 2.19 bits per heavy atom. The van der Waals surface area contributed by atoms with E-state index < -0.39 is 0 Å². The average Bonchev–Trinajstić information content (AvgIpc) is 2.67. The molecule has 0 fully saturated rings. The molecule has 84 valence electrons. The average molecular weight is 218 g/mol. The first-order valence-corrected chi connectivity index (χ1v) is 5.05. The Balaban J connectivity index is 2.07. The molecule has 0 aliphatic carbocycles. The Hall–Kier alpha value is -2.04. The van der Waals surface area contributed by atoms with Crippen LogP contribution in [0.5, 0.6) is 0 Å². The fourth-order valence-electron chi connectivity index (χ4n) is 1.42. The predicted octanol–water partition coefficient (Wildman–Crippen LogP) is 1.88. The molecule has 0 saturated heterocycles. The second kappa shape index (κ2) is 4.22. The van der Waals surface area contributed by atoms with E-state index in [1.807, 2.05) is 25.1 Å². The maximum absolute atomic E-state index is 5.92. The summed E-state index contributed by atoms with van der Waals surface area (Å²) < 4.78 is 4.99. The summed E-state index contributed by atoms with van der Waals surface area (Å²) >= 11 is 0. The summed E-state index contributed by atoms with van der Waals surface area (Å²) in [6, 6.07) is 5.84. The quantitative estimate of drug-likeness (QED) is 0.769. The third-order valence-corrected chi connectivity index (χ3v) is 2.32. The number of nitrogen functional groups attached to an aromatic ring is 1. The lowest BCUT2D eigenvalue weighted by Crippen LogP contribution is -2.03. The molecule has 0 saturated carbocycles. The lowest BCUT2D eigenvalue weighted by atomic mass is 10.2. The molecule has 1 aromatic heterocycles. The summed E-state index contributed by atoms with van der Waals surface area (Å²) in [5.74, 6) is 1.19. The summed E-state index contributed by atoms with van der Waals surface area (Å²) in [5, 5.41) is 6.87. The molecule has 0 radical (unpaired) electrons. The van der Waals surface area contributed by atoms with Crippen LogP contribution in [0.2, 0.25) is 0 Å². The second-order valence-electron chi connectivity index (χ2n) is 3.63. The van der Waals surface area contributed by atoms with E-state index in [-0.39, 0.29) is 0 Å². The Bertz CT molecular complexity index is 492. The van der Waals surface area contributed by atoms with Crippen molar-refractivity contribution >= 4 is 11.4 Å². The summed E-state index contributed by atoms with van der Waals surface area (Å²) in [6.07, 6.45) is 0. The normalized spacial score (nSPS) is 10.4. The van der Waals surface area contributed by atoms with Crippen molar-refractivity contribution in [3.63, 3.8) is 0 Å². The maximum atomic E-state index is 5.92. The zero-order valence-corrected chi connectivity index (χ0v) is 9.32. The highest BCUT2D eigenvalue weighted by Crippen LogP contribution is 2.22. The molecule has 1 heterocycles. The summed E-state index contributed by atoms with van der Waals surface area (Å²) in [5.41, 5.74) is 8.60. The SMILES string of the molecule is Cc1noc(CNc2cccc(C)c2N)n1. The van der Waals surface area contributed by atoms with Crippen LogP contribution in [0.3, 0.4) is 0 Å². The standard InChI is InChI=1S/C11H14N4O/c1-7-4-3-5-9(11(7)12)13-6-10-14-8(2)15-16-10/h3-5,13H,6,12H2,1-2H3. The van der Waals surface area contributed by atoms with Crippen molar-refractivity contribution in [2.45, 2.75) is 20.4 Å². The first-order chi connectivity index (χ1) is 7.66. The number of anilines is 2. The van der Waals surface area contributed by atoms with E-state index in [4.69, 9.17) is 10.3 Å². The van der Waals surface area contributed by atoms with Gasteiger partial charge in [-0.15, -0.1) is 0 Å². The number of benzene rings is 1. The van der Waals surface area contributed by atoms with Gasteiger partial charge in [0, 0.05) is 0 Å². The molecule has 0 unspecified atom stereocenters. The number of nitrogens with one attached hydrogen (secondary N) is 1. The third-order valence-electron chi connectivity index (χ3n) is 2.32. The minimum Gasteiger partial charge on any atom is -0.397 e. The van der Waals surface area contributed by atoms with Gasteiger partial charge in [0.2, 0.25) is 5.89 Å². The van der Waals surface area contributed by atoms with Gasteiger partial charge in [0.25, 0.3) is 0 Å². The fourth-order valence-corrected chi connectivity index (χ4v) is 1.42. The molecule has 0 atom stereocenters. The van der Waals surface area contributed by atoms with E-state index in [1.165, 1.54) is 0 Å². The Labute approximate surface area is 93.7 Å². The van der Waals surface area contributed by atoms with Crippen molar-refractivity contribution in [3.05, 3.63) is 35.5 Å². The monoisotopic (exact) mass is 218 g/mol. The topological polar surface area (TPSA) is 77.0 Å². The molecule has 0 amide bonds. The lowest BCUT2D eigenvalue weighted by Gasteiger charge is -2.08. The fraction of sp³-hybridized carbons (Fsp3) is 0.273. The molecule has 2 rings (SSSR count). The summed E-state index contributed by atoms with van der Waals surface area (Å²) in [6.45, 7) is 4.24. The Morgan fingerprint density at radius 3 is 2.88 bits per heavy atom. The zero-order chi connectivity index (χ0) is 11.5. The maximum Gasteiger partial charge on any atom is 0.245 e. The minimum atomic E-state index is 0.481. The van der Waals surface area contributed by atoms with Crippen molar-refractivity contribution < 1.29 is 4.52 Å². The van der Waals surface area contributed by atoms with Gasteiger partial charge in [-0.3, -0.25) is 0 Å². The molecule has 0 spiro atoms. The van der Waals surface area contributed by atoms with E-state index in [2.05, 4.69) is 15.5 Å². The lowest BCUT2D eigenvalue weighted by molar-refractivity contribution is 0.379. The number of hydrogen-bond acceptors (Lipinski definition) is 5. The van der Waals surface area contributed by atoms with Gasteiger partial charge in [-0.05, 0) is 25.5 Å². The van der Waals surface area contributed by atoms with Gasteiger partial charge >= 0.3 is 0 Å². The van der Waals surface area contributed by atoms with Crippen LogP contribution in [0, 0.1) is 13.8 Å². The van der Waals surface area contributed by atoms with Gasteiger partial charge < -0.3 is 15.6 Å². The van der Waals surface area contributed by atoms with E-state index in [0.717, 1.165) is 16.9 Å². The molecule has 1 aromatic carbocycles. The van der Waals surface area contributed by atoms with Gasteiger partial charge in [-0.2, -0.15) is 4.98 Å². The van der Waals surface area contributed by atoms with Crippen LogP contribution in [-0.2, 0) is 6.54 Å². The van der Waals surface area contributed by atoms with E-state index >= 15 is 0 Å². The first-order valence-electron chi connectivity index (χ1n) is 5.05. The Morgan fingerprint density at radius 1 is 1.38 bits per heavy atom. The van der Waals surface area contributed by atoms with Gasteiger partial charge in [0.1, 0.15) is 0 Å². The molecule has 0 aliphatic heterocycles. The van der Waals surface area contributed by atoms with Crippen LogP contribution < -0.4 is 11.1 Å². The largest absolute Gasteiger partial charge is 0.397 e. The van der Waals surface area contributed by atoms with Crippen LogP contribution in [0.15, 0.2) is 22.7 Å². The van der Waals surface area contributed by atoms with E-state index in [1.54, 1.807) is 6.92 Å². The van der Waals surface area contributed by atoms with E-state index in [0.29, 0.717) is 18.3 Å². The van der Waals surface area contributed by atoms with Crippen LogP contribution in [0.4, 0.5) is 11.4 Å². The van der Waals surface area contributed by atoms with Crippen molar-refractivity contribution in [2.75, 3.05) is 11.1 Å². The summed E-state index contributed by atoms with van der Waals surface area (Å²) in [4.78, 5) is 4.10. The Kier molecular flexibility index (Phi) is 2.76. The van der Waals surface area contributed by atoms with Crippen LogP contribution in [0.1, 0.15) is 17.3 Å². The number of para-hydroxylation sites is 1. The molecule has 5 heteroatoms. The number of rotatable bonds is 3. The number of hydrogen-bond donors (Lipinski definition) is 2. The molecule has 3 N–H and O–H groups in total. The van der Waals surface area contributed by atoms with Crippen LogP contribution in [-0.4, -0.2) is 10.1 Å². The van der Waals surface area contributed by atoms with Crippen molar-refractivity contribution in [3.8, 4) is 0 Å². The van der Waals surface area contributed by atoms with Crippen LogP contribution in [0.25, 0.3) is 0 Å². The first kappa shape index (κ1) is 10.5. The zero-order valence-electron chi connectivity index (χ0n) is 9.32. The number of nitrogens with two attached hydrogens (primary N) is 1. The predicted molar refractivity (Wildman–Crippen MR) is 62.0 cm³/mol. The molecule has 2 aromatic rings. The summed E-state index contributed by atoms with van der Waals surface area (Å²) in [7, 11) is 0. The van der Waals surface area contributed by atoms with Crippen molar-refractivity contribution in [2.24, 2.45) is 0 Å².